The van der Waals surface area contributed by atoms with E-state index in [1.807, 2.05) is 24.3 Å². The number of anilines is 2. The average Bonchev–Trinajstić information content (AvgIpc) is 2.74. The molecule has 0 spiro atoms. The van der Waals surface area contributed by atoms with Gasteiger partial charge < -0.3 is 15.0 Å². The van der Waals surface area contributed by atoms with Crippen molar-refractivity contribution in [2.75, 3.05) is 37.0 Å². The number of rotatable bonds is 6. The molecule has 1 aromatic heterocycles. The Morgan fingerprint density at radius 1 is 1.00 bits per heavy atom. The molecular formula is C22H26N4O. The van der Waals surface area contributed by atoms with Gasteiger partial charge in [0.2, 0.25) is 5.95 Å². The topological polar surface area (TPSA) is 50.3 Å². The smallest absolute Gasteiger partial charge is 0.227 e. The molecule has 27 heavy (non-hydrogen) atoms. The molecule has 1 saturated heterocycles. The monoisotopic (exact) mass is 362 g/mol. The zero-order valence-electron chi connectivity index (χ0n) is 15.8. The van der Waals surface area contributed by atoms with Gasteiger partial charge in [0.05, 0.1) is 12.6 Å². The van der Waals surface area contributed by atoms with Crippen LogP contribution in [0.1, 0.15) is 24.8 Å². The molecule has 5 nitrogen and oxygen atoms in total. The van der Waals surface area contributed by atoms with Crippen LogP contribution < -0.4 is 15.0 Å². The first-order valence-corrected chi connectivity index (χ1v) is 9.72. The van der Waals surface area contributed by atoms with Gasteiger partial charge in [-0.1, -0.05) is 24.3 Å². The quantitative estimate of drug-likeness (QED) is 0.709. The number of aromatic nitrogens is 2. The molecule has 1 aliphatic heterocycles. The van der Waals surface area contributed by atoms with Gasteiger partial charge in [0, 0.05) is 25.0 Å². The Balaban J connectivity index is 1.54. The van der Waals surface area contributed by atoms with Crippen LogP contribution in [0, 0.1) is 0 Å². The fourth-order valence-corrected chi connectivity index (χ4v) is 3.59. The summed E-state index contributed by atoms with van der Waals surface area (Å²) >= 11 is 0. The highest BCUT2D eigenvalue weighted by atomic mass is 16.5. The van der Waals surface area contributed by atoms with Crippen LogP contribution in [0.5, 0.6) is 5.75 Å². The third kappa shape index (κ3) is 4.13. The first kappa shape index (κ1) is 17.6. The molecule has 0 bridgehead atoms. The lowest BCUT2D eigenvalue weighted by molar-refractivity contribution is 0.414. The number of methoxy groups -OCH3 is 1. The molecule has 2 heterocycles. The average molecular weight is 362 g/mol. The van der Waals surface area contributed by atoms with E-state index in [4.69, 9.17) is 14.7 Å². The third-order valence-electron chi connectivity index (χ3n) is 5.07. The highest BCUT2D eigenvalue weighted by Crippen LogP contribution is 2.25. The SMILES string of the molecule is COc1cccc(CCNc2nc(N3CCCCC3)nc3ccccc23)c1. The van der Waals surface area contributed by atoms with Crippen LogP contribution in [0.25, 0.3) is 10.9 Å². The van der Waals surface area contributed by atoms with Crippen molar-refractivity contribution in [3.05, 3.63) is 54.1 Å². The summed E-state index contributed by atoms with van der Waals surface area (Å²) in [5.74, 6) is 2.66. The molecule has 1 aliphatic rings. The van der Waals surface area contributed by atoms with Crippen molar-refractivity contribution in [1.29, 1.82) is 0 Å². The van der Waals surface area contributed by atoms with Gasteiger partial charge in [-0.25, -0.2) is 4.98 Å². The van der Waals surface area contributed by atoms with Crippen LogP contribution in [0.2, 0.25) is 0 Å². The number of benzene rings is 2. The molecule has 4 rings (SSSR count). The predicted molar refractivity (Wildman–Crippen MR) is 111 cm³/mol. The fourth-order valence-electron chi connectivity index (χ4n) is 3.59. The van der Waals surface area contributed by atoms with Gasteiger partial charge >= 0.3 is 0 Å². The molecule has 0 atom stereocenters. The first-order valence-electron chi connectivity index (χ1n) is 9.72. The summed E-state index contributed by atoms with van der Waals surface area (Å²) in [6.07, 6.45) is 4.65. The zero-order chi connectivity index (χ0) is 18.5. The molecule has 0 saturated carbocycles. The van der Waals surface area contributed by atoms with Gasteiger partial charge in [-0.3, -0.25) is 0 Å². The van der Waals surface area contributed by atoms with E-state index >= 15 is 0 Å². The molecule has 1 fully saturated rings. The number of para-hydroxylation sites is 1. The van der Waals surface area contributed by atoms with Crippen molar-refractivity contribution in [3.8, 4) is 5.75 Å². The highest BCUT2D eigenvalue weighted by Gasteiger charge is 2.16. The number of nitrogens with zero attached hydrogens (tertiary/aromatic N) is 3. The van der Waals surface area contributed by atoms with Gasteiger partial charge in [0.15, 0.2) is 0 Å². The van der Waals surface area contributed by atoms with Gasteiger partial charge in [0.1, 0.15) is 11.6 Å². The molecule has 5 heteroatoms. The molecular weight excluding hydrogens is 336 g/mol. The standard InChI is InChI=1S/C22H26N4O/c1-27-18-9-7-8-17(16-18)12-13-23-21-19-10-3-4-11-20(19)24-22(25-21)26-14-5-2-6-15-26/h3-4,7-11,16H,2,5-6,12-15H2,1H3,(H,23,24,25). The lowest BCUT2D eigenvalue weighted by Gasteiger charge is -2.27. The van der Waals surface area contributed by atoms with Crippen molar-refractivity contribution in [1.82, 2.24) is 9.97 Å². The van der Waals surface area contributed by atoms with Crippen LogP contribution in [0.4, 0.5) is 11.8 Å². The molecule has 0 radical (unpaired) electrons. The van der Waals surface area contributed by atoms with E-state index in [-0.39, 0.29) is 0 Å². The largest absolute Gasteiger partial charge is 0.497 e. The maximum atomic E-state index is 5.31. The van der Waals surface area contributed by atoms with Gasteiger partial charge in [0.25, 0.3) is 0 Å². The number of ether oxygens (including phenoxy) is 1. The molecule has 140 valence electrons. The normalized spacial score (nSPS) is 14.3. The first-order chi connectivity index (χ1) is 13.3. The maximum absolute atomic E-state index is 5.31. The van der Waals surface area contributed by atoms with Crippen LogP contribution >= 0.6 is 0 Å². The summed E-state index contributed by atoms with van der Waals surface area (Å²) in [5, 5.41) is 4.61. The van der Waals surface area contributed by atoms with Crippen molar-refractivity contribution >= 4 is 22.7 Å². The lowest BCUT2D eigenvalue weighted by atomic mass is 10.1. The van der Waals surface area contributed by atoms with E-state index in [2.05, 4.69) is 34.5 Å². The Morgan fingerprint density at radius 3 is 2.70 bits per heavy atom. The van der Waals surface area contributed by atoms with Crippen LogP contribution in [0.3, 0.4) is 0 Å². The van der Waals surface area contributed by atoms with Crippen LogP contribution in [-0.2, 0) is 6.42 Å². The molecule has 3 aromatic rings. The van der Waals surface area contributed by atoms with Crippen molar-refractivity contribution < 1.29 is 4.74 Å². The maximum Gasteiger partial charge on any atom is 0.227 e. The second-order valence-corrected chi connectivity index (χ2v) is 6.97. The summed E-state index contributed by atoms with van der Waals surface area (Å²) in [6.45, 7) is 2.90. The number of nitrogens with one attached hydrogen (secondary N) is 1. The van der Waals surface area contributed by atoms with E-state index in [1.54, 1.807) is 7.11 Å². The van der Waals surface area contributed by atoms with Gasteiger partial charge in [-0.05, 0) is 55.5 Å². The molecule has 0 amide bonds. The Hall–Kier alpha value is -2.82. The van der Waals surface area contributed by atoms with E-state index in [0.717, 1.165) is 54.5 Å². The third-order valence-corrected chi connectivity index (χ3v) is 5.07. The van der Waals surface area contributed by atoms with E-state index < -0.39 is 0 Å². The van der Waals surface area contributed by atoms with E-state index in [9.17, 15) is 0 Å². The summed E-state index contributed by atoms with van der Waals surface area (Å²) in [7, 11) is 1.70. The molecule has 0 aliphatic carbocycles. The zero-order valence-corrected chi connectivity index (χ0v) is 15.8. The Bertz CT molecular complexity index is 906. The Labute approximate surface area is 160 Å². The number of piperidine rings is 1. The fraction of sp³-hybridized carbons (Fsp3) is 0.364. The summed E-state index contributed by atoms with van der Waals surface area (Å²) < 4.78 is 5.31. The molecule has 2 aromatic carbocycles. The summed E-state index contributed by atoms with van der Waals surface area (Å²) in [6, 6.07) is 16.4. The minimum Gasteiger partial charge on any atom is -0.497 e. The summed E-state index contributed by atoms with van der Waals surface area (Å²) in [5.41, 5.74) is 2.24. The summed E-state index contributed by atoms with van der Waals surface area (Å²) in [4.78, 5) is 12.0. The second kappa shape index (κ2) is 8.25. The minimum absolute atomic E-state index is 0.813. The number of hydrogen-bond donors (Lipinski definition) is 1. The number of hydrogen-bond acceptors (Lipinski definition) is 5. The van der Waals surface area contributed by atoms with Crippen molar-refractivity contribution in [3.63, 3.8) is 0 Å². The Morgan fingerprint density at radius 2 is 1.85 bits per heavy atom. The highest BCUT2D eigenvalue weighted by molar-refractivity contribution is 5.90. The molecule has 1 N–H and O–H groups in total. The minimum atomic E-state index is 0.813. The van der Waals surface area contributed by atoms with Crippen LogP contribution in [0.15, 0.2) is 48.5 Å². The lowest BCUT2D eigenvalue weighted by Crippen LogP contribution is -2.31. The van der Waals surface area contributed by atoms with E-state index in [0.29, 0.717) is 0 Å². The van der Waals surface area contributed by atoms with Crippen LogP contribution in [-0.4, -0.2) is 36.7 Å². The van der Waals surface area contributed by atoms with Crippen molar-refractivity contribution in [2.24, 2.45) is 0 Å². The Kier molecular flexibility index (Phi) is 5.37. The predicted octanol–water partition coefficient (Wildman–Crippen LogP) is 4.28. The van der Waals surface area contributed by atoms with Crippen molar-refractivity contribution in [2.45, 2.75) is 25.7 Å². The molecule has 0 unspecified atom stereocenters. The van der Waals surface area contributed by atoms with E-state index in [1.165, 1.54) is 24.8 Å². The van der Waals surface area contributed by atoms with Gasteiger partial charge in [-0.2, -0.15) is 4.98 Å². The second-order valence-electron chi connectivity index (χ2n) is 6.97. The van der Waals surface area contributed by atoms with Gasteiger partial charge in [-0.15, -0.1) is 0 Å². The number of fused-ring (bicyclic) bond motifs is 1.